The number of hydrazone groups is 1. The van der Waals surface area contributed by atoms with Gasteiger partial charge in [0.15, 0.2) is 5.84 Å². The zero-order valence-electron chi connectivity index (χ0n) is 13.9. The van der Waals surface area contributed by atoms with Gasteiger partial charge in [0.2, 0.25) is 10.2 Å². The van der Waals surface area contributed by atoms with Crippen LogP contribution in [-0.4, -0.2) is 33.1 Å². The monoisotopic (exact) mass is 442 g/mol. The van der Waals surface area contributed by atoms with Crippen LogP contribution in [0.3, 0.4) is 0 Å². The molecule has 0 unspecified atom stereocenters. The minimum Gasteiger partial charge on any atom is -0.457 e. The Balaban J connectivity index is 1.65. The van der Waals surface area contributed by atoms with Crippen LogP contribution in [0, 0.1) is 11.2 Å². The average Bonchev–Trinajstić information content (AvgIpc) is 3.28. The van der Waals surface area contributed by atoms with Crippen molar-refractivity contribution >= 4 is 51.4 Å². The van der Waals surface area contributed by atoms with Crippen LogP contribution >= 0.6 is 23.4 Å². The summed E-state index contributed by atoms with van der Waals surface area (Å²) in [6.45, 7) is 0. The summed E-state index contributed by atoms with van der Waals surface area (Å²) in [6, 6.07) is 6.97. The molecule has 0 fully saturated rings. The number of amidine groups is 2. The summed E-state index contributed by atoms with van der Waals surface area (Å²) in [5.74, 6) is -1.60. The van der Waals surface area contributed by atoms with Crippen LogP contribution in [0.5, 0.6) is 0 Å². The number of furan rings is 1. The molecule has 0 spiro atoms. The fraction of sp³-hybridized carbons (Fsp3) is 0.0588. The number of nitrogens with zero attached hydrogens (tertiary/aromatic N) is 3. The first-order chi connectivity index (χ1) is 13.6. The number of amides is 1. The molecule has 2 aromatic rings. The van der Waals surface area contributed by atoms with E-state index in [1.165, 1.54) is 30.3 Å². The molecule has 2 aliphatic rings. The standard InChI is InChI=1S/C17H7ClF4N4O2S/c18-10-5-7(1-3-11(10)19)12-4-2-8(28-12)6-9-13(23)26-16(24-14(9)27)29-15(25-26)17(20,21)22/h1-6,23H/b9-6-,23-13?. The second-order valence-electron chi connectivity index (χ2n) is 5.75. The summed E-state index contributed by atoms with van der Waals surface area (Å²) in [6.07, 6.45) is -3.55. The Labute approximate surface area is 169 Å². The van der Waals surface area contributed by atoms with Gasteiger partial charge >= 0.3 is 6.18 Å². The molecular weight excluding hydrogens is 436 g/mol. The second-order valence-corrected chi connectivity index (χ2v) is 7.12. The number of benzene rings is 1. The van der Waals surface area contributed by atoms with Gasteiger partial charge in [-0.3, -0.25) is 10.2 Å². The Bertz CT molecular complexity index is 1150. The number of thioether (sulfide) groups is 1. The maximum absolute atomic E-state index is 13.3. The quantitative estimate of drug-likeness (QED) is 0.528. The second kappa shape index (κ2) is 6.85. The number of carbonyl (C=O) groups excluding carboxylic acids is 1. The number of rotatable bonds is 2. The van der Waals surface area contributed by atoms with Crippen LogP contribution in [0.4, 0.5) is 17.6 Å². The van der Waals surface area contributed by atoms with Gasteiger partial charge in [-0.25, -0.2) is 4.39 Å². The highest BCUT2D eigenvalue weighted by Crippen LogP contribution is 2.35. The summed E-state index contributed by atoms with van der Waals surface area (Å²) in [4.78, 5) is 15.8. The fourth-order valence-corrected chi connectivity index (χ4v) is 3.42. The molecule has 0 radical (unpaired) electrons. The number of hydrogen-bond donors (Lipinski definition) is 1. The lowest BCUT2D eigenvalue weighted by Crippen LogP contribution is -2.35. The van der Waals surface area contributed by atoms with E-state index in [1.807, 2.05) is 0 Å². The number of aliphatic imine (C=N–C) groups is 1. The molecule has 1 N–H and O–H groups in total. The Morgan fingerprint density at radius 1 is 1.24 bits per heavy atom. The third-order valence-corrected chi connectivity index (χ3v) is 5.06. The first kappa shape index (κ1) is 19.4. The van der Waals surface area contributed by atoms with E-state index in [0.29, 0.717) is 16.3 Å². The molecule has 3 heterocycles. The lowest BCUT2D eigenvalue weighted by Gasteiger charge is -2.19. The van der Waals surface area contributed by atoms with E-state index in [4.69, 9.17) is 21.4 Å². The number of fused-ring (bicyclic) bond motifs is 1. The average molecular weight is 443 g/mol. The number of halogens is 5. The van der Waals surface area contributed by atoms with Crippen molar-refractivity contribution in [2.75, 3.05) is 0 Å². The minimum absolute atomic E-state index is 0.102. The summed E-state index contributed by atoms with van der Waals surface area (Å²) < 4.78 is 57.4. The van der Waals surface area contributed by atoms with Crippen molar-refractivity contribution in [1.29, 1.82) is 5.41 Å². The van der Waals surface area contributed by atoms with Gasteiger partial charge in [-0.15, -0.1) is 0 Å². The van der Waals surface area contributed by atoms with E-state index in [2.05, 4.69) is 10.1 Å². The van der Waals surface area contributed by atoms with Gasteiger partial charge in [-0.1, -0.05) is 11.6 Å². The lowest BCUT2D eigenvalue weighted by atomic mass is 10.1. The SMILES string of the molecule is N=C1/C(=C/c2ccc(-c3ccc(F)c(Cl)c3)o2)C(=O)N=C2SC(C(F)(F)F)=NN12. The van der Waals surface area contributed by atoms with Crippen LogP contribution < -0.4 is 0 Å². The van der Waals surface area contributed by atoms with Gasteiger partial charge in [0.25, 0.3) is 5.91 Å². The topological polar surface area (TPSA) is 82.0 Å². The molecule has 0 saturated heterocycles. The van der Waals surface area contributed by atoms with Gasteiger partial charge < -0.3 is 4.42 Å². The maximum atomic E-state index is 13.3. The first-order valence-electron chi connectivity index (χ1n) is 7.76. The van der Waals surface area contributed by atoms with Crippen molar-refractivity contribution < 1.29 is 26.8 Å². The molecule has 29 heavy (non-hydrogen) atoms. The van der Waals surface area contributed by atoms with E-state index in [9.17, 15) is 22.4 Å². The Kier molecular flexibility index (Phi) is 4.58. The highest BCUT2D eigenvalue weighted by Gasteiger charge is 2.46. The number of hydrogen-bond acceptors (Lipinski definition) is 5. The molecule has 1 aromatic heterocycles. The normalized spacial score (nSPS) is 18.2. The van der Waals surface area contributed by atoms with Crippen molar-refractivity contribution in [3.63, 3.8) is 0 Å². The number of alkyl halides is 3. The molecule has 0 aliphatic carbocycles. The number of nitrogens with one attached hydrogen (secondary N) is 1. The van der Waals surface area contributed by atoms with Gasteiger partial charge in [0.05, 0.1) is 10.6 Å². The van der Waals surface area contributed by atoms with E-state index in [-0.39, 0.29) is 33.3 Å². The Hall–Kier alpha value is -2.92. The largest absolute Gasteiger partial charge is 0.457 e. The van der Waals surface area contributed by atoms with E-state index in [1.54, 1.807) is 0 Å². The zero-order chi connectivity index (χ0) is 20.9. The Morgan fingerprint density at radius 2 is 2.00 bits per heavy atom. The minimum atomic E-state index is -4.72. The van der Waals surface area contributed by atoms with Crippen molar-refractivity contribution in [3.05, 3.63) is 52.5 Å². The molecule has 0 bridgehead atoms. The third-order valence-electron chi connectivity index (χ3n) is 3.81. The predicted molar refractivity (Wildman–Crippen MR) is 100 cm³/mol. The molecule has 1 aromatic carbocycles. The van der Waals surface area contributed by atoms with Gasteiger partial charge in [-0.2, -0.15) is 28.3 Å². The molecule has 2 aliphatic heterocycles. The van der Waals surface area contributed by atoms with E-state index in [0.717, 1.165) is 6.07 Å². The Morgan fingerprint density at radius 3 is 2.69 bits per heavy atom. The van der Waals surface area contributed by atoms with E-state index >= 15 is 0 Å². The lowest BCUT2D eigenvalue weighted by molar-refractivity contribution is -0.114. The molecule has 1 amide bonds. The molecule has 4 rings (SSSR count). The van der Waals surface area contributed by atoms with Gasteiger partial charge in [-0.05, 0) is 48.2 Å². The molecule has 148 valence electrons. The third kappa shape index (κ3) is 3.58. The smallest absolute Gasteiger partial charge is 0.441 e. The first-order valence-corrected chi connectivity index (χ1v) is 8.95. The summed E-state index contributed by atoms with van der Waals surface area (Å²) >= 11 is 5.91. The summed E-state index contributed by atoms with van der Waals surface area (Å²) in [7, 11) is 0. The predicted octanol–water partition coefficient (Wildman–Crippen LogP) is 4.92. The van der Waals surface area contributed by atoms with Crippen molar-refractivity contribution in [2.24, 2.45) is 10.1 Å². The fourth-order valence-electron chi connectivity index (χ4n) is 2.48. The summed E-state index contributed by atoms with van der Waals surface area (Å²) in [5.41, 5.74) is 0.182. The van der Waals surface area contributed by atoms with Crippen LogP contribution in [0.15, 0.2) is 50.4 Å². The van der Waals surface area contributed by atoms with Crippen molar-refractivity contribution in [1.82, 2.24) is 5.01 Å². The van der Waals surface area contributed by atoms with Crippen LogP contribution in [0.25, 0.3) is 17.4 Å². The number of carbonyl (C=O) groups is 1. The molecule has 0 saturated carbocycles. The molecule has 0 atom stereocenters. The van der Waals surface area contributed by atoms with Crippen LogP contribution in [0.1, 0.15) is 5.76 Å². The zero-order valence-corrected chi connectivity index (χ0v) is 15.5. The highest BCUT2D eigenvalue weighted by atomic mass is 35.5. The van der Waals surface area contributed by atoms with Gasteiger partial charge in [0, 0.05) is 5.56 Å². The molecule has 6 nitrogen and oxygen atoms in total. The van der Waals surface area contributed by atoms with Crippen LogP contribution in [0.2, 0.25) is 5.02 Å². The highest BCUT2D eigenvalue weighted by molar-refractivity contribution is 8.27. The van der Waals surface area contributed by atoms with Crippen molar-refractivity contribution in [2.45, 2.75) is 6.18 Å². The molecule has 12 heteroatoms. The van der Waals surface area contributed by atoms with E-state index < -0.39 is 28.8 Å². The maximum Gasteiger partial charge on any atom is 0.441 e. The molecular formula is C17H7ClF4N4O2S. The van der Waals surface area contributed by atoms with Crippen LogP contribution in [-0.2, 0) is 4.79 Å². The summed E-state index contributed by atoms with van der Waals surface area (Å²) in [5, 5.41) is 10.3. The van der Waals surface area contributed by atoms with Gasteiger partial charge in [0.1, 0.15) is 17.3 Å². The van der Waals surface area contributed by atoms with Crippen molar-refractivity contribution in [3.8, 4) is 11.3 Å².